The number of para-hydroxylation sites is 1. The summed E-state index contributed by atoms with van der Waals surface area (Å²) in [4.78, 5) is 12.5. The minimum atomic E-state index is -0.304. The van der Waals surface area contributed by atoms with Gasteiger partial charge in [0.15, 0.2) is 5.82 Å². The molecule has 1 aromatic carbocycles. The van der Waals surface area contributed by atoms with Gasteiger partial charge in [0.05, 0.1) is 17.9 Å². The first-order valence-corrected chi connectivity index (χ1v) is 9.29. The van der Waals surface area contributed by atoms with Gasteiger partial charge in [0.2, 0.25) is 0 Å². The molecular formula is C19H23N7O. The second kappa shape index (κ2) is 7.61. The summed E-state index contributed by atoms with van der Waals surface area (Å²) >= 11 is 0. The van der Waals surface area contributed by atoms with Crippen LogP contribution in [0.2, 0.25) is 0 Å². The highest BCUT2D eigenvalue weighted by Gasteiger charge is 2.23. The average molecular weight is 365 g/mol. The Bertz CT molecular complexity index is 896. The molecule has 1 saturated carbocycles. The van der Waals surface area contributed by atoms with Crippen LogP contribution in [0.25, 0.3) is 5.69 Å². The van der Waals surface area contributed by atoms with Crippen molar-refractivity contribution in [3.8, 4) is 5.69 Å². The molecule has 8 nitrogen and oxygen atoms in total. The van der Waals surface area contributed by atoms with E-state index >= 15 is 0 Å². The summed E-state index contributed by atoms with van der Waals surface area (Å²) < 4.78 is 3.79. The molecule has 1 fully saturated rings. The van der Waals surface area contributed by atoms with E-state index in [1.54, 1.807) is 23.3 Å². The summed E-state index contributed by atoms with van der Waals surface area (Å²) in [5.74, 6) is 1.39. The lowest BCUT2D eigenvalue weighted by atomic mass is 10.2. The van der Waals surface area contributed by atoms with E-state index in [2.05, 4.69) is 30.5 Å². The normalized spacial score (nSPS) is 15.6. The number of benzene rings is 1. The second-order valence-electron chi connectivity index (χ2n) is 6.82. The number of rotatable bonds is 5. The van der Waals surface area contributed by atoms with Crippen molar-refractivity contribution in [3.05, 3.63) is 54.7 Å². The first kappa shape index (κ1) is 17.3. The number of amides is 2. The van der Waals surface area contributed by atoms with E-state index in [0.717, 1.165) is 24.4 Å². The number of hydrogen-bond donors (Lipinski definition) is 2. The fourth-order valence-electron chi connectivity index (χ4n) is 3.61. The summed E-state index contributed by atoms with van der Waals surface area (Å²) in [6, 6.07) is 11.3. The van der Waals surface area contributed by atoms with Gasteiger partial charge in [-0.1, -0.05) is 31.0 Å². The minimum absolute atomic E-state index is 0.249. The quantitative estimate of drug-likeness (QED) is 0.724. The van der Waals surface area contributed by atoms with Crippen LogP contribution < -0.4 is 10.6 Å². The zero-order chi connectivity index (χ0) is 18.6. The van der Waals surface area contributed by atoms with Gasteiger partial charge in [-0.05, 0) is 31.9 Å². The molecule has 2 amide bonds. The predicted octanol–water partition coefficient (Wildman–Crippen LogP) is 3.46. The second-order valence-corrected chi connectivity index (χ2v) is 6.82. The molecule has 1 atom stereocenters. The van der Waals surface area contributed by atoms with E-state index in [1.165, 1.54) is 12.8 Å². The van der Waals surface area contributed by atoms with Crippen LogP contribution in [0.3, 0.4) is 0 Å². The molecule has 0 unspecified atom stereocenters. The third-order valence-electron chi connectivity index (χ3n) is 4.94. The van der Waals surface area contributed by atoms with Crippen molar-refractivity contribution in [1.29, 1.82) is 0 Å². The van der Waals surface area contributed by atoms with Gasteiger partial charge in [0.1, 0.15) is 12.1 Å². The zero-order valence-electron chi connectivity index (χ0n) is 15.2. The van der Waals surface area contributed by atoms with Crippen molar-refractivity contribution in [2.75, 3.05) is 5.32 Å². The Morgan fingerprint density at radius 2 is 1.96 bits per heavy atom. The number of urea groups is 1. The molecule has 0 radical (unpaired) electrons. The molecule has 0 spiro atoms. The SMILES string of the molecule is C[C@H](NC(=O)Nc1ccnn1-c1ccccc1)c1nncn1C1CCCC1. The van der Waals surface area contributed by atoms with Gasteiger partial charge in [-0.25, -0.2) is 9.48 Å². The molecule has 0 bridgehead atoms. The zero-order valence-corrected chi connectivity index (χ0v) is 15.2. The van der Waals surface area contributed by atoms with E-state index < -0.39 is 0 Å². The topological polar surface area (TPSA) is 89.7 Å². The fraction of sp³-hybridized carbons (Fsp3) is 0.368. The number of hydrogen-bond acceptors (Lipinski definition) is 4. The lowest BCUT2D eigenvalue weighted by Crippen LogP contribution is -2.33. The molecule has 1 aliphatic carbocycles. The fourth-order valence-corrected chi connectivity index (χ4v) is 3.61. The number of nitrogens with one attached hydrogen (secondary N) is 2. The lowest BCUT2D eigenvalue weighted by molar-refractivity contribution is 0.248. The predicted molar refractivity (Wildman–Crippen MR) is 102 cm³/mol. The number of nitrogens with zero attached hydrogens (tertiary/aromatic N) is 5. The molecule has 2 aromatic heterocycles. The molecule has 2 heterocycles. The van der Waals surface area contributed by atoms with Gasteiger partial charge >= 0.3 is 6.03 Å². The van der Waals surface area contributed by atoms with Crippen LogP contribution in [0.15, 0.2) is 48.9 Å². The summed E-state index contributed by atoms with van der Waals surface area (Å²) in [5.41, 5.74) is 0.881. The molecule has 1 aliphatic rings. The molecule has 27 heavy (non-hydrogen) atoms. The van der Waals surface area contributed by atoms with E-state index in [9.17, 15) is 4.79 Å². The first-order chi connectivity index (χ1) is 13.2. The first-order valence-electron chi connectivity index (χ1n) is 9.29. The Kier molecular flexibility index (Phi) is 4.86. The Balaban J connectivity index is 1.44. The average Bonchev–Trinajstić information content (AvgIpc) is 3.43. The molecule has 4 rings (SSSR count). The summed E-state index contributed by atoms with van der Waals surface area (Å²) in [6.45, 7) is 1.92. The van der Waals surface area contributed by atoms with Gasteiger partial charge in [0.25, 0.3) is 0 Å². The molecule has 0 saturated heterocycles. The Labute approximate surface area is 157 Å². The van der Waals surface area contributed by atoms with Crippen LogP contribution in [0.5, 0.6) is 0 Å². The maximum Gasteiger partial charge on any atom is 0.320 e. The Hall–Kier alpha value is -3.16. The maximum absolute atomic E-state index is 12.5. The maximum atomic E-state index is 12.5. The van der Waals surface area contributed by atoms with Crippen LogP contribution in [-0.2, 0) is 0 Å². The van der Waals surface area contributed by atoms with Crippen LogP contribution in [0.1, 0.15) is 50.5 Å². The van der Waals surface area contributed by atoms with Crippen molar-refractivity contribution in [3.63, 3.8) is 0 Å². The smallest absolute Gasteiger partial charge is 0.320 e. The highest BCUT2D eigenvalue weighted by molar-refractivity contribution is 5.88. The monoisotopic (exact) mass is 365 g/mol. The van der Waals surface area contributed by atoms with Crippen LogP contribution in [0.4, 0.5) is 10.6 Å². The highest BCUT2D eigenvalue weighted by Crippen LogP contribution is 2.31. The summed E-state index contributed by atoms with van der Waals surface area (Å²) in [5, 5.41) is 18.4. The van der Waals surface area contributed by atoms with Gasteiger partial charge in [-0.15, -0.1) is 10.2 Å². The lowest BCUT2D eigenvalue weighted by Gasteiger charge is -2.19. The van der Waals surface area contributed by atoms with Crippen LogP contribution in [-0.4, -0.2) is 30.6 Å². The molecule has 0 aliphatic heterocycles. The number of anilines is 1. The van der Waals surface area contributed by atoms with E-state index in [0.29, 0.717) is 11.9 Å². The van der Waals surface area contributed by atoms with Crippen molar-refractivity contribution < 1.29 is 4.79 Å². The van der Waals surface area contributed by atoms with Crippen molar-refractivity contribution in [2.45, 2.75) is 44.7 Å². The van der Waals surface area contributed by atoms with Crippen molar-refractivity contribution >= 4 is 11.8 Å². The van der Waals surface area contributed by atoms with Gasteiger partial charge < -0.3 is 9.88 Å². The Morgan fingerprint density at radius 1 is 1.19 bits per heavy atom. The largest absolute Gasteiger partial charge is 0.328 e. The van der Waals surface area contributed by atoms with E-state index in [-0.39, 0.29) is 12.1 Å². The summed E-state index contributed by atoms with van der Waals surface area (Å²) in [6.07, 6.45) is 8.16. The molecular weight excluding hydrogens is 342 g/mol. The van der Waals surface area contributed by atoms with Gasteiger partial charge in [-0.2, -0.15) is 5.10 Å². The minimum Gasteiger partial charge on any atom is -0.328 e. The third kappa shape index (κ3) is 3.69. The summed E-state index contributed by atoms with van der Waals surface area (Å²) in [7, 11) is 0. The van der Waals surface area contributed by atoms with Crippen LogP contribution >= 0.6 is 0 Å². The van der Waals surface area contributed by atoms with Gasteiger partial charge in [-0.3, -0.25) is 5.32 Å². The van der Waals surface area contributed by atoms with E-state index in [4.69, 9.17) is 0 Å². The van der Waals surface area contributed by atoms with E-state index in [1.807, 2.05) is 37.3 Å². The van der Waals surface area contributed by atoms with Crippen molar-refractivity contribution in [1.82, 2.24) is 29.9 Å². The molecule has 8 heteroatoms. The number of aromatic nitrogens is 5. The molecule has 2 N–H and O–H groups in total. The molecule has 140 valence electrons. The Morgan fingerprint density at radius 3 is 2.74 bits per heavy atom. The van der Waals surface area contributed by atoms with Crippen molar-refractivity contribution in [2.24, 2.45) is 0 Å². The molecule has 3 aromatic rings. The highest BCUT2D eigenvalue weighted by atomic mass is 16.2. The van der Waals surface area contributed by atoms with Crippen LogP contribution in [0, 0.1) is 0 Å². The van der Waals surface area contributed by atoms with Gasteiger partial charge in [0, 0.05) is 12.1 Å². The standard InChI is InChI=1S/C19H23N7O/c1-14(18-24-20-13-25(18)15-7-5-6-8-15)22-19(27)23-17-11-12-21-26(17)16-9-3-2-4-10-16/h2-4,9-15H,5-8H2,1H3,(H2,22,23,27)/t14-/m0/s1. The third-order valence-corrected chi connectivity index (χ3v) is 4.94. The number of carbonyl (C=O) groups is 1. The number of carbonyl (C=O) groups excluding carboxylic acids is 1.